The van der Waals surface area contributed by atoms with Gasteiger partial charge in [-0.25, -0.2) is 0 Å². The maximum Gasteiger partial charge on any atom is 0.162 e. The van der Waals surface area contributed by atoms with E-state index < -0.39 is 0 Å². The van der Waals surface area contributed by atoms with Crippen molar-refractivity contribution in [1.82, 2.24) is 9.88 Å². The van der Waals surface area contributed by atoms with Gasteiger partial charge >= 0.3 is 0 Å². The first-order valence-corrected chi connectivity index (χ1v) is 8.51. The predicted molar refractivity (Wildman–Crippen MR) is 92.2 cm³/mol. The highest BCUT2D eigenvalue weighted by atomic mass is 16.1. The lowest BCUT2D eigenvalue weighted by Crippen LogP contribution is -2.33. The highest BCUT2D eigenvalue weighted by Gasteiger charge is 2.20. The van der Waals surface area contributed by atoms with Crippen LogP contribution < -0.4 is 0 Å². The average molecular weight is 308 g/mol. The van der Waals surface area contributed by atoms with Crippen molar-refractivity contribution in [3.05, 3.63) is 66.0 Å². The van der Waals surface area contributed by atoms with Gasteiger partial charge in [0, 0.05) is 30.9 Å². The molecule has 1 fully saturated rings. The summed E-state index contributed by atoms with van der Waals surface area (Å²) in [7, 11) is 0. The van der Waals surface area contributed by atoms with Crippen LogP contribution >= 0.6 is 0 Å². The van der Waals surface area contributed by atoms with Crippen molar-refractivity contribution in [2.45, 2.75) is 32.2 Å². The molecule has 23 heavy (non-hydrogen) atoms. The van der Waals surface area contributed by atoms with Crippen molar-refractivity contribution in [3.8, 4) is 0 Å². The standard InChI is InChI=1S/C20H24N2O/c23-20(19-8-12-21-13-9-19)7-6-17-10-14-22(15-11-17)16-18-4-2-1-3-5-18/h1-5,8-9,12-13,17H,6-7,10-11,14-16H2. The van der Waals surface area contributed by atoms with E-state index in [0.717, 1.165) is 31.6 Å². The zero-order valence-electron chi connectivity index (χ0n) is 13.5. The Balaban J connectivity index is 1.40. The zero-order chi connectivity index (χ0) is 15.9. The minimum atomic E-state index is 0.249. The van der Waals surface area contributed by atoms with Gasteiger partial charge in [-0.2, -0.15) is 0 Å². The molecule has 1 aromatic heterocycles. The minimum Gasteiger partial charge on any atom is -0.299 e. The van der Waals surface area contributed by atoms with Gasteiger partial charge in [-0.3, -0.25) is 14.7 Å². The second-order valence-electron chi connectivity index (χ2n) is 6.40. The Morgan fingerprint density at radius 3 is 2.43 bits per heavy atom. The van der Waals surface area contributed by atoms with Crippen LogP contribution in [0.3, 0.4) is 0 Å². The highest BCUT2D eigenvalue weighted by molar-refractivity contribution is 5.95. The van der Waals surface area contributed by atoms with E-state index in [2.05, 4.69) is 40.2 Å². The Labute approximate surface area is 138 Å². The van der Waals surface area contributed by atoms with E-state index in [1.54, 1.807) is 12.4 Å². The quantitative estimate of drug-likeness (QED) is 0.757. The van der Waals surface area contributed by atoms with Crippen molar-refractivity contribution in [2.24, 2.45) is 5.92 Å². The van der Waals surface area contributed by atoms with E-state index >= 15 is 0 Å². The van der Waals surface area contributed by atoms with Gasteiger partial charge < -0.3 is 0 Å². The summed E-state index contributed by atoms with van der Waals surface area (Å²) in [4.78, 5) is 18.6. The van der Waals surface area contributed by atoms with Crippen molar-refractivity contribution in [1.29, 1.82) is 0 Å². The first-order chi connectivity index (χ1) is 11.3. The largest absolute Gasteiger partial charge is 0.299 e. The predicted octanol–water partition coefficient (Wildman–Crippen LogP) is 3.96. The normalized spacial score (nSPS) is 16.3. The number of likely N-dealkylation sites (tertiary alicyclic amines) is 1. The van der Waals surface area contributed by atoms with Crippen LogP contribution in [-0.4, -0.2) is 28.8 Å². The molecule has 1 saturated heterocycles. The number of carbonyl (C=O) groups is 1. The summed E-state index contributed by atoms with van der Waals surface area (Å²) in [5.41, 5.74) is 2.18. The Morgan fingerprint density at radius 1 is 1.04 bits per heavy atom. The molecule has 3 heteroatoms. The lowest BCUT2D eigenvalue weighted by Gasteiger charge is -2.32. The molecule has 0 saturated carbocycles. The minimum absolute atomic E-state index is 0.249. The highest BCUT2D eigenvalue weighted by Crippen LogP contribution is 2.23. The molecule has 3 nitrogen and oxygen atoms in total. The molecule has 0 atom stereocenters. The molecule has 2 aromatic rings. The van der Waals surface area contributed by atoms with E-state index in [1.807, 2.05) is 12.1 Å². The molecule has 0 amide bonds. The molecule has 0 unspecified atom stereocenters. The van der Waals surface area contributed by atoms with E-state index in [0.29, 0.717) is 12.3 Å². The monoisotopic (exact) mass is 308 g/mol. The number of rotatable bonds is 6. The molecule has 0 bridgehead atoms. The topological polar surface area (TPSA) is 33.2 Å². The number of piperidine rings is 1. The first kappa shape index (κ1) is 15.9. The number of ketones is 1. The van der Waals surface area contributed by atoms with E-state index in [9.17, 15) is 4.79 Å². The van der Waals surface area contributed by atoms with Gasteiger partial charge in [0.25, 0.3) is 0 Å². The fraction of sp³-hybridized carbons (Fsp3) is 0.400. The van der Waals surface area contributed by atoms with Crippen LogP contribution in [0.2, 0.25) is 0 Å². The Bertz CT molecular complexity index is 604. The van der Waals surface area contributed by atoms with Gasteiger partial charge in [0.15, 0.2) is 5.78 Å². The van der Waals surface area contributed by atoms with Gasteiger partial charge in [0.2, 0.25) is 0 Å². The van der Waals surface area contributed by atoms with Crippen LogP contribution in [0, 0.1) is 5.92 Å². The summed E-state index contributed by atoms with van der Waals surface area (Å²) in [5, 5.41) is 0. The van der Waals surface area contributed by atoms with Crippen molar-refractivity contribution in [3.63, 3.8) is 0 Å². The molecule has 0 radical (unpaired) electrons. The molecule has 0 aliphatic carbocycles. The molecule has 0 N–H and O–H groups in total. The smallest absolute Gasteiger partial charge is 0.162 e. The van der Waals surface area contributed by atoms with Crippen molar-refractivity contribution >= 4 is 5.78 Å². The Morgan fingerprint density at radius 2 is 1.74 bits per heavy atom. The van der Waals surface area contributed by atoms with Gasteiger partial charge in [0.05, 0.1) is 0 Å². The molecule has 1 aliphatic heterocycles. The van der Waals surface area contributed by atoms with Gasteiger partial charge in [-0.1, -0.05) is 30.3 Å². The number of carbonyl (C=O) groups excluding carboxylic acids is 1. The van der Waals surface area contributed by atoms with Crippen molar-refractivity contribution < 1.29 is 4.79 Å². The summed E-state index contributed by atoms with van der Waals surface area (Å²) in [6, 6.07) is 14.3. The first-order valence-electron chi connectivity index (χ1n) is 8.51. The lowest BCUT2D eigenvalue weighted by molar-refractivity contribution is 0.0961. The van der Waals surface area contributed by atoms with E-state index in [1.165, 1.54) is 18.4 Å². The maximum atomic E-state index is 12.2. The summed E-state index contributed by atoms with van der Waals surface area (Å²) < 4.78 is 0. The zero-order valence-corrected chi connectivity index (χ0v) is 13.5. The van der Waals surface area contributed by atoms with Crippen LogP contribution in [0.4, 0.5) is 0 Å². The van der Waals surface area contributed by atoms with Crippen LogP contribution in [0.1, 0.15) is 41.6 Å². The second-order valence-corrected chi connectivity index (χ2v) is 6.40. The number of aromatic nitrogens is 1. The number of nitrogens with zero attached hydrogens (tertiary/aromatic N) is 2. The average Bonchev–Trinajstić information content (AvgIpc) is 2.62. The third-order valence-corrected chi connectivity index (χ3v) is 4.74. The fourth-order valence-corrected chi connectivity index (χ4v) is 3.29. The molecule has 120 valence electrons. The molecule has 2 heterocycles. The third-order valence-electron chi connectivity index (χ3n) is 4.74. The number of pyridine rings is 1. The fourth-order valence-electron chi connectivity index (χ4n) is 3.29. The number of benzene rings is 1. The second kappa shape index (κ2) is 8.02. The summed E-state index contributed by atoms with van der Waals surface area (Å²) in [6.07, 6.45) is 7.46. The molecule has 0 spiro atoms. The van der Waals surface area contributed by atoms with Crippen molar-refractivity contribution in [2.75, 3.05) is 13.1 Å². The van der Waals surface area contributed by atoms with Crippen LogP contribution in [-0.2, 0) is 6.54 Å². The number of hydrogen-bond donors (Lipinski definition) is 0. The van der Waals surface area contributed by atoms with Crippen LogP contribution in [0.5, 0.6) is 0 Å². The maximum absolute atomic E-state index is 12.2. The SMILES string of the molecule is O=C(CCC1CCN(Cc2ccccc2)CC1)c1ccncc1. The number of Topliss-reactive ketones (excluding diaryl/α,β-unsaturated/α-hetero) is 1. The summed E-state index contributed by atoms with van der Waals surface area (Å²) in [5.74, 6) is 0.937. The molecule has 1 aliphatic rings. The van der Waals surface area contributed by atoms with Crippen LogP contribution in [0.15, 0.2) is 54.9 Å². The Kier molecular flexibility index (Phi) is 5.54. The molecule has 3 rings (SSSR count). The van der Waals surface area contributed by atoms with E-state index in [4.69, 9.17) is 0 Å². The number of hydrogen-bond acceptors (Lipinski definition) is 3. The van der Waals surface area contributed by atoms with Crippen LogP contribution in [0.25, 0.3) is 0 Å². The third kappa shape index (κ3) is 4.73. The van der Waals surface area contributed by atoms with E-state index in [-0.39, 0.29) is 5.78 Å². The molecule has 1 aromatic carbocycles. The Hall–Kier alpha value is -2.00. The molecular weight excluding hydrogens is 284 g/mol. The van der Waals surface area contributed by atoms with Gasteiger partial charge in [-0.05, 0) is 56.0 Å². The summed E-state index contributed by atoms with van der Waals surface area (Å²) in [6.45, 7) is 3.33. The van der Waals surface area contributed by atoms with Gasteiger partial charge in [0.1, 0.15) is 0 Å². The molecular formula is C20H24N2O. The summed E-state index contributed by atoms with van der Waals surface area (Å²) >= 11 is 0. The van der Waals surface area contributed by atoms with Gasteiger partial charge in [-0.15, -0.1) is 0 Å². The lowest BCUT2D eigenvalue weighted by atomic mass is 9.90.